The molecule has 4 aromatic rings. The molecule has 0 radical (unpaired) electrons. The van der Waals surface area contributed by atoms with E-state index in [1.165, 1.54) is 17.3 Å². The molecule has 1 aliphatic rings. The molecule has 1 N–H and O–H groups in total. The summed E-state index contributed by atoms with van der Waals surface area (Å²) in [5.41, 5.74) is 5.22. The van der Waals surface area contributed by atoms with Crippen molar-refractivity contribution in [3.8, 4) is 11.4 Å². The molecular weight excluding hydrogens is 498 g/mol. The van der Waals surface area contributed by atoms with E-state index in [9.17, 15) is 9.59 Å². The van der Waals surface area contributed by atoms with Gasteiger partial charge in [0.1, 0.15) is 5.75 Å². The van der Waals surface area contributed by atoms with Crippen LogP contribution in [-0.4, -0.2) is 45.5 Å². The SMILES string of the molecule is Cc1ccc(C)c(-n2c(CNC(=O)COc3ccccc3)nnc2SCC(=O)N2CCc3ccccc32)c1. The third kappa shape index (κ3) is 5.73. The van der Waals surface area contributed by atoms with Crippen molar-refractivity contribution in [3.05, 3.63) is 95.3 Å². The monoisotopic (exact) mass is 527 g/mol. The molecule has 0 spiro atoms. The number of ether oxygens (including phenoxy) is 1. The number of nitrogens with zero attached hydrogens (tertiary/aromatic N) is 4. The van der Waals surface area contributed by atoms with Crippen molar-refractivity contribution < 1.29 is 14.3 Å². The van der Waals surface area contributed by atoms with E-state index in [0.29, 0.717) is 23.3 Å². The average molecular weight is 528 g/mol. The molecule has 5 rings (SSSR count). The van der Waals surface area contributed by atoms with E-state index in [-0.39, 0.29) is 30.7 Å². The highest BCUT2D eigenvalue weighted by molar-refractivity contribution is 7.99. The number of thioether (sulfide) groups is 1. The first-order chi connectivity index (χ1) is 18.5. The molecule has 0 aliphatic carbocycles. The number of amides is 2. The zero-order chi connectivity index (χ0) is 26.5. The van der Waals surface area contributed by atoms with Gasteiger partial charge in [0.25, 0.3) is 5.91 Å². The number of para-hydroxylation sites is 2. The molecule has 0 fully saturated rings. The Kier molecular flexibility index (Phi) is 7.74. The number of anilines is 1. The maximum absolute atomic E-state index is 13.1. The molecule has 8 nitrogen and oxygen atoms in total. The largest absolute Gasteiger partial charge is 0.484 e. The molecule has 0 saturated carbocycles. The summed E-state index contributed by atoms with van der Waals surface area (Å²) in [4.78, 5) is 27.5. The Morgan fingerprint density at radius 2 is 1.76 bits per heavy atom. The molecule has 2 heterocycles. The van der Waals surface area contributed by atoms with Gasteiger partial charge in [0, 0.05) is 12.2 Å². The summed E-state index contributed by atoms with van der Waals surface area (Å²) in [6.07, 6.45) is 0.864. The number of hydrogen-bond donors (Lipinski definition) is 1. The van der Waals surface area contributed by atoms with Crippen LogP contribution >= 0.6 is 11.8 Å². The van der Waals surface area contributed by atoms with Crippen molar-refractivity contribution in [2.75, 3.05) is 23.8 Å². The highest BCUT2D eigenvalue weighted by atomic mass is 32.2. The molecule has 3 aromatic carbocycles. The number of carbonyl (C=O) groups is 2. The average Bonchev–Trinajstić information content (AvgIpc) is 3.55. The Hall–Kier alpha value is -4.11. The van der Waals surface area contributed by atoms with Gasteiger partial charge < -0.3 is 15.0 Å². The molecule has 1 aromatic heterocycles. The third-order valence-electron chi connectivity index (χ3n) is 6.38. The molecular formula is C29H29N5O3S. The standard InChI is InChI=1S/C29H29N5O3S/c1-20-12-13-21(2)25(16-20)34-26(17-30-27(35)18-37-23-9-4-3-5-10-23)31-32-29(34)38-19-28(36)33-15-14-22-8-6-7-11-24(22)33/h3-13,16H,14-15,17-19H2,1-2H3,(H,30,35). The molecule has 194 valence electrons. The Balaban J connectivity index is 1.31. The lowest BCUT2D eigenvalue weighted by Gasteiger charge is -2.17. The van der Waals surface area contributed by atoms with Gasteiger partial charge in [-0.1, -0.05) is 60.3 Å². The fraction of sp³-hybridized carbons (Fsp3) is 0.241. The summed E-state index contributed by atoms with van der Waals surface area (Å²) in [6, 6.07) is 23.4. The first-order valence-electron chi connectivity index (χ1n) is 12.5. The lowest BCUT2D eigenvalue weighted by atomic mass is 10.1. The minimum Gasteiger partial charge on any atom is -0.484 e. The molecule has 0 unspecified atom stereocenters. The van der Waals surface area contributed by atoms with E-state index >= 15 is 0 Å². The lowest BCUT2D eigenvalue weighted by molar-refractivity contribution is -0.123. The Labute approximate surface area is 226 Å². The van der Waals surface area contributed by atoms with Crippen LogP contribution in [0.3, 0.4) is 0 Å². The van der Waals surface area contributed by atoms with Gasteiger partial charge in [-0.05, 0) is 61.2 Å². The van der Waals surface area contributed by atoms with E-state index in [4.69, 9.17) is 4.74 Å². The van der Waals surface area contributed by atoms with Crippen LogP contribution in [0.25, 0.3) is 5.69 Å². The van der Waals surface area contributed by atoms with Crippen LogP contribution in [0, 0.1) is 13.8 Å². The highest BCUT2D eigenvalue weighted by Crippen LogP contribution is 2.30. The number of fused-ring (bicyclic) bond motifs is 1. The smallest absolute Gasteiger partial charge is 0.258 e. The van der Waals surface area contributed by atoms with Gasteiger partial charge in [-0.25, -0.2) is 0 Å². The molecule has 0 bridgehead atoms. The van der Waals surface area contributed by atoms with E-state index in [1.807, 2.05) is 71.8 Å². The first kappa shape index (κ1) is 25.5. The summed E-state index contributed by atoms with van der Waals surface area (Å²) >= 11 is 1.35. The van der Waals surface area contributed by atoms with Gasteiger partial charge in [0.2, 0.25) is 5.91 Å². The Bertz CT molecular complexity index is 1450. The zero-order valence-electron chi connectivity index (χ0n) is 21.4. The minimum atomic E-state index is -0.263. The van der Waals surface area contributed by atoms with Crippen LogP contribution in [0.5, 0.6) is 5.75 Å². The van der Waals surface area contributed by atoms with Crippen molar-refractivity contribution in [1.29, 1.82) is 0 Å². The van der Waals surface area contributed by atoms with Crippen LogP contribution in [-0.2, 0) is 22.6 Å². The second kappa shape index (κ2) is 11.5. The molecule has 38 heavy (non-hydrogen) atoms. The van der Waals surface area contributed by atoms with Gasteiger partial charge in [-0.3, -0.25) is 14.2 Å². The van der Waals surface area contributed by atoms with Crippen LogP contribution in [0.15, 0.2) is 78.0 Å². The quantitative estimate of drug-likeness (QED) is 0.327. The maximum atomic E-state index is 13.1. The van der Waals surface area contributed by atoms with Crippen LogP contribution in [0.4, 0.5) is 5.69 Å². The van der Waals surface area contributed by atoms with E-state index in [2.05, 4.69) is 27.6 Å². The maximum Gasteiger partial charge on any atom is 0.258 e. The number of hydrogen-bond acceptors (Lipinski definition) is 6. The van der Waals surface area contributed by atoms with Crippen molar-refractivity contribution in [2.45, 2.75) is 32.0 Å². The second-order valence-electron chi connectivity index (χ2n) is 9.12. The van der Waals surface area contributed by atoms with Gasteiger partial charge >= 0.3 is 0 Å². The predicted molar refractivity (Wildman–Crippen MR) is 148 cm³/mol. The summed E-state index contributed by atoms with van der Waals surface area (Å²) in [7, 11) is 0. The van der Waals surface area contributed by atoms with Gasteiger partial charge in [0.15, 0.2) is 17.6 Å². The first-order valence-corrected chi connectivity index (χ1v) is 13.5. The number of nitrogens with one attached hydrogen (secondary N) is 1. The third-order valence-corrected chi connectivity index (χ3v) is 7.29. The van der Waals surface area contributed by atoms with Crippen LogP contribution in [0.2, 0.25) is 0 Å². The zero-order valence-corrected chi connectivity index (χ0v) is 22.2. The fourth-order valence-corrected chi connectivity index (χ4v) is 5.25. The molecule has 0 saturated heterocycles. The number of aromatic nitrogens is 3. The summed E-state index contributed by atoms with van der Waals surface area (Å²) < 4.78 is 7.48. The van der Waals surface area contributed by atoms with Gasteiger partial charge in [0.05, 0.1) is 18.0 Å². The number of carbonyl (C=O) groups excluding carboxylic acids is 2. The van der Waals surface area contributed by atoms with Gasteiger partial charge in [-0.15, -0.1) is 10.2 Å². The van der Waals surface area contributed by atoms with Crippen molar-refractivity contribution >= 4 is 29.3 Å². The topological polar surface area (TPSA) is 89.4 Å². The van der Waals surface area contributed by atoms with E-state index < -0.39 is 0 Å². The lowest BCUT2D eigenvalue weighted by Crippen LogP contribution is -2.30. The van der Waals surface area contributed by atoms with Crippen LogP contribution in [0.1, 0.15) is 22.5 Å². The number of aryl methyl sites for hydroxylation is 2. The fourth-order valence-electron chi connectivity index (χ4n) is 4.41. The second-order valence-corrected chi connectivity index (χ2v) is 10.1. The van der Waals surface area contributed by atoms with E-state index in [0.717, 1.165) is 28.9 Å². The molecule has 2 amide bonds. The summed E-state index contributed by atoms with van der Waals surface area (Å²) in [5, 5.41) is 12.3. The highest BCUT2D eigenvalue weighted by Gasteiger charge is 2.25. The molecule has 9 heteroatoms. The van der Waals surface area contributed by atoms with Crippen molar-refractivity contribution in [1.82, 2.24) is 20.1 Å². The number of rotatable bonds is 9. The Morgan fingerprint density at radius 1 is 0.974 bits per heavy atom. The molecule has 1 aliphatic heterocycles. The number of benzene rings is 3. The van der Waals surface area contributed by atoms with Crippen LogP contribution < -0.4 is 15.0 Å². The summed E-state index contributed by atoms with van der Waals surface area (Å²) in [6.45, 7) is 4.80. The Morgan fingerprint density at radius 3 is 2.61 bits per heavy atom. The summed E-state index contributed by atoms with van der Waals surface area (Å²) in [5.74, 6) is 1.21. The van der Waals surface area contributed by atoms with Gasteiger partial charge in [-0.2, -0.15) is 0 Å². The van der Waals surface area contributed by atoms with E-state index in [1.54, 1.807) is 12.1 Å². The normalized spacial score (nSPS) is 12.3. The van der Waals surface area contributed by atoms with Crippen molar-refractivity contribution in [3.63, 3.8) is 0 Å². The minimum absolute atomic E-state index is 0.0309. The molecule has 0 atom stereocenters. The van der Waals surface area contributed by atoms with Crippen molar-refractivity contribution in [2.24, 2.45) is 0 Å². The predicted octanol–water partition coefficient (Wildman–Crippen LogP) is 4.26.